The molecule has 0 saturated carbocycles. The molecule has 1 amide bonds. The van der Waals surface area contributed by atoms with Crippen molar-refractivity contribution in [3.05, 3.63) is 69.4 Å². The fraction of sp³-hybridized carbons (Fsp3) is 0.316. The van der Waals surface area contributed by atoms with Gasteiger partial charge in [-0.25, -0.2) is 4.39 Å². The van der Waals surface area contributed by atoms with Gasteiger partial charge in [-0.1, -0.05) is 54.0 Å². The number of carbonyl (C=O) groups is 1. The molecule has 1 N–H and O–H groups in total. The Morgan fingerprint density at radius 2 is 1.71 bits per heavy atom. The number of benzene rings is 2. The van der Waals surface area contributed by atoms with Crippen LogP contribution in [0.1, 0.15) is 35.3 Å². The fourth-order valence-electron chi connectivity index (χ4n) is 2.42. The molecule has 0 heterocycles. The second-order valence-electron chi connectivity index (χ2n) is 5.58. The van der Waals surface area contributed by atoms with Crippen LogP contribution < -0.4 is 5.32 Å². The van der Waals surface area contributed by atoms with Gasteiger partial charge in [0.1, 0.15) is 5.82 Å². The number of hydrogen-bond donors (Lipinski definition) is 1. The predicted molar refractivity (Wildman–Crippen MR) is 98.3 cm³/mol. The van der Waals surface area contributed by atoms with Crippen LogP contribution in [0.5, 0.6) is 0 Å². The SMILES string of the molecule is CCN(CC)Cc1ccc(CNC(=O)c2ccc(Br)cc2F)cc1. The molecule has 2 rings (SSSR count). The van der Waals surface area contributed by atoms with Crippen molar-refractivity contribution in [1.82, 2.24) is 10.2 Å². The summed E-state index contributed by atoms with van der Waals surface area (Å²) in [5, 5.41) is 2.75. The van der Waals surface area contributed by atoms with Gasteiger partial charge in [0.05, 0.1) is 5.56 Å². The van der Waals surface area contributed by atoms with Crippen LogP contribution in [-0.2, 0) is 13.1 Å². The van der Waals surface area contributed by atoms with Crippen molar-refractivity contribution in [3.63, 3.8) is 0 Å². The maximum Gasteiger partial charge on any atom is 0.254 e. The van der Waals surface area contributed by atoms with Gasteiger partial charge in [0.2, 0.25) is 0 Å². The van der Waals surface area contributed by atoms with Crippen LogP contribution in [0.4, 0.5) is 4.39 Å². The Morgan fingerprint density at radius 3 is 2.29 bits per heavy atom. The largest absolute Gasteiger partial charge is 0.348 e. The van der Waals surface area contributed by atoms with E-state index in [1.165, 1.54) is 17.7 Å². The minimum absolute atomic E-state index is 0.0522. The van der Waals surface area contributed by atoms with Crippen molar-refractivity contribution < 1.29 is 9.18 Å². The first kappa shape index (κ1) is 18.6. The normalized spacial score (nSPS) is 10.9. The summed E-state index contributed by atoms with van der Waals surface area (Å²) in [7, 11) is 0. The summed E-state index contributed by atoms with van der Waals surface area (Å²) >= 11 is 3.18. The summed E-state index contributed by atoms with van der Waals surface area (Å²) in [6.07, 6.45) is 0. The summed E-state index contributed by atoms with van der Waals surface area (Å²) in [6, 6.07) is 12.5. The standard InChI is InChI=1S/C19H22BrFN2O/c1-3-23(4-2)13-15-7-5-14(6-8-15)12-22-19(24)17-10-9-16(20)11-18(17)21/h5-11H,3-4,12-13H2,1-2H3,(H,22,24). The lowest BCUT2D eigenvalue weighted by molar-refractivity contribution is 0.0947. The second kappa shape index (κ2) is 8.94. The van der Waals surface area contributed by atoms with Gasteiger partial charge < -0.3 is 5.32 Å². The Balaban J connectivity index is 1.93. The fourth-order valence-corrected chi connectivity index (χ4v) is 2.75. The van der Waals surface area contributed by atoms with Crippen molar-refractivity contribution in [3.8, 4) is 0 Å². The van der Waals surface area contributed by atoms with E-state index in [-0.39, 0.29) is 5.56 Å². The predicted octanol–water partition coefficient (Wildman–Crippen LogP) is 4.36. The van der Waals surface area contributed by atoms with Crippen LogP contribution in [0.2, 0.25) is 0 Å². The molecule has 0 unspecified atom stereocenters. The highest BCUT2D eigenvalue weighted by Crippen LogP contribution is 2.15. The van der Waals surface area contributed by atoms with E-state index in [1.807, 2.05) is 12.1 Å². The second-order valence-corrected chi connectivity index (χ2v) is 6.50. The highest BCUT2D eigenvalue weighted by atomic mass is 79.9. The van der Waals surface area contributed by atoms with Crippen LogP contribution >= 0.6 is 15.9 Å². The first-order valence-corrected chi connectivity index (χ1v) is 8.86. The maximum atomic E-state index is 13.8. The molecule has 0 aliphatic carbocycles. The zero-order chi connectivity index (χ0) is 17.5. The molecular formula is C19H22BrFN2O. The molecule has 0 aliphatic rings. The van der Waals surface area contributed by atoms with E-state index in [0.717, 1.165) is 25.2 Å². The summed E-state index contributed by atoms with van der Waals surface area (Å²) in [5.41, 5.74) is 2.29. The number of halogens is 2. The number of rotatable bonds is 7. The number of amides is 1. The van der Waals surface area contributed by atoms with Crippen LogP contribution in [0.25, 0.3) is 0 Å². The van der Waals surface area contributed by atoms with Crippen molar-refractivity contribution in [2.24, 2.45) is 0 Å². The Labute approximate surface area is 151 Å². The molecule has 0 spiro atoms. The van der Waals surface area contributed by atoms with Gasteiger partial charge in [0, 0.05) is 17.6 Å². The number of carbonyl (C=O) groups excluding carboxylic acids is 1. The highest BCUT2D eigenvalue weighted by molar-refractivity contribution is 9.10. The van der Waals surface area contributed by atoms with Gasteiger partial charge in [0.25, 0.3) is 5.91 Å². The van der Waals surface area contributed by atoms with E-state index in [9.17, 15) is 9.18 Å². The molecule has 0 radical (unpaired) electrons. The highest BCUT2D eigenvalue weighted by Gasteiger charge is 2.11. The lowest BCUT2D eigenvalue weighted by Gasteiger charge is -2.18. The van der Waals surface area contributed by atoms with Gasteiger partial charge >= 0.3 is 0 Å². The molecule has 0 aliphatic heterocycles. The Kier molecular flexibility index (Phi) is 6.94. The summed E-state index contributed by atoms with van der Waals surface area (Å²) in [6.45, 7) is 7.63. The summed E-state index contributed by atoms with van der Waals surface area (Å²) < 4.78 is 14.4. The van der Waals surface area contributed by atoms with Gasteiger partial charge in [-0.3, -0.25) is 9.69 Å². The molecule has 5 heteroatoms. The van der Waals surface area contributed by atoms with Gasteiger partial charge in [-0.15, -0.1) is 0 Å². The Morgan fingerprint density at radius 1 is 1.08 bits per heavy atom. The summed E-state index contributed by atoms with van der Waals surface area (Å²) in [5.74, 6) is -0.941. The molecule has 24 heavy (non-hydrogen) atoms. The third kappa shape index (κ3) is 5.14. The number of hydrogen-bond acceptors (Lipinski definition) is 2. The van der Waals surface area contributed by atoms with Crippen molar-refractivity contribution in [2.75, 3.05) is 13.1 Å². The first-order valence-electron chi connectivity index (χ1n) is 8.07. The maximum absolute atomic E-state index is 13.8. The lowest BCUT2D eigenvalue weighted by atomic mass is 10.1. The number of nitrogens with zero attached hydrogens (tertiary/aromatic N) is 1. The smallest absolute Gasteiger partial charge is 0.254 e. The van der Waals surface area contributed by atoms with E-state index in [1.54, 1.807) is 6.07 Å². The van der Waals surface area contributed by atoms with E-state index in [0.29, 0.717) is 11.0 Å². The van der Waals surface area contributed by atoms with Crippen molar-refractivity contribution >= 4 is 21.8 Å². The third-order valence-corrected chi connectivity index (χ3v) is 4.45. The number of nitrogens with one attached hydrogen (secondary N) is 1. The van der Waals surface area contributed by atoms with Crippen LogP contribution in [-0.4, -0.2) is 23.9 Å². The van der Waals surface area contributed by atoms with Crippen LogP contribution in [0, 0.1) is 5.82 Å². The topological polar surface area (TPSA) is 32.3 Å². The minimum Gasteiger partial charge on any atom is -0.348 e. The molecule has 0 atom stereocenters. The molecule has 0 aromatic heterocycles. The molecule has 0 bridgehead atoms. The zero-order valence-corrected chi connectivity index (χ0v) is 15.6. The first-order chi connectivity index (χ1) is 11.5. The zero-order valence-electron chi connectivity index (χ0n) is 14.0. The molecule has 0 saturated heterocycles. The summed E-state index contributed by atoms with van der Waals surface area (Å²) in [4.78, 5) is 14.4. The monoisotopic (exact) mass is 392 g/mol. The van der Waals surface area contributed by atoms with Gasteiger partial charge in [-0.2, -0.15) is 0 Å². The lowest BCUT2D eigenvalue weighted by Crippen LogP contribution is -2.24. The van der Waals surface area contributed by atoms with E-state index in [2.05, 4.69) is 52.1 Å². The minimum atomic E-state index is -0.531. The molecule has 2 aromatic rings. The third-order valence-electron chi connectivity index (χ3n) is 3.95. The molecule has 128 valence electrons. The van der Waals surface area contributed by atoms with E-state index < -0.39 is 11.7 Å². The Hall–Kier alpha value is -1.72. The molecule has 3 nitrogen and oxygen atoms in total. The molecule has 0 fully saturated rings. The van der Waals surface area contributed by atoms with Crippen LogP contribution in [0.15, 0.2) is 46.9 Å². The molecule has 2 aromatic carbocycles. The van der Waals surface area contributed by atoms with Gasteiger partial charge in [-0.05, 0) is 42.4 Å². The van der Waals surface area contributed by atoms with E-state index in [4.69, 9.17) is 0 Å². The van der Waals surface area contributed by atoms with E-state index >= 15 is 0 Å². The molecular weight excluding hydrogens is 371 g/mol. The van der Waals surface area contributed by atoms with Crippen molar-refractivity contribution in [1.29, 1.82) is 0 Å². The van der Waals surface area contributed by atoms with Gasteiger partial charge in [0.15, 0.2) is 0 Å². The van der Waals surface area contributed by atoms with Crippen molar-refractivity contribution in [2.45, 2.75) is 26.9 Å². The van der Waals surface area contributed by atoms with Crippen LogP contribution in [0.3, 0.4) is 0 Å². The average molecular weight is 393 g/mol. The Bertz CT molecular complexity index is 684. The quantitative estimate of drug-likeness (QED) is 0.758. The average Bonchev–Trinajstić information content (AvgIpc) is 2.58.